The van der Waals surface area contributed by atoms with E-state index in [0.717, 1.165) is 22.1 Å². The van der Waals surface area contributed by atoms with Gasteiger partial charge in [-0.05, 0) is 42.0 Å². The predicted octanol–water partition coefficient (Wildman–Crippen LogP) is 4.64. The van der Waals surface area contributed by atoms with E-state index >= 15 is 0 Å². The second kappa shape index (κ2) is 6.66. The van der Waals surface area contributed by atoms with Gasteiger partial charge in [0.15, 0.2) is 0 Å². The number of aryl methyl sites for hydroxylation is 1. The number of thiophene rings is 1. The molecule has 1 heterocycles. The van der Waals surface area contributed by atoms with Crippen molar-refractivity contribution in [2.75, 3.05) is 6.61 Å². The highest BCUT2D eigenvalue weighted by Crippen LogP contribution is 2.35. The molecule has 0 aliphatic rings. The van der Waals surface area contributed by atoms with Gasteiger partial charge in [0.2, 0.25) is 0 Å². The first-order chi connectivity index (χ1) is 9.93. The third kappa shape index (κ3) is 4.35. The van der Waals surface area contributed by atoms with Crippen LogP contribution in [0.25, 0.3) is 10.1 Å². The van der Waals surface area contributed by atoms with Crippen molar-refractivity contribution in [2.24, 2.45) is 5.73 Å². The lowest BCUT2D eigenvalue weighted by Crippen LogP contribution is -2.09. The van der Waals surface area contributed by atoms with E-state index in [1.807, 2.05) is 12.1 Å². The first kappa shape index (κ1) is 16.1. The van der Waals surface area contributed by atoms with E-state index in [9.17, 15) is 13.2 Å². The third-order valence-electron chi connectivity index (χ3n) is 3.14. The second-order valence-corrected chi connectivity index (χ2v) is 5.99. The fourth-order valence-electron chi connectivity index (χ4n) is 2.09. The van der Waals surface area contributed by atoms with Crippen molar-refractivity contribution in [3.8, 4) is 5.75 Å². The van der Waals surface area contributed by atoms with Crippen molar-refractivity contribution in [2.45, 2.75) is 38.9 Å². The molecule has 0 aliphatic heterocycles. The van der Waals surface area contributed by atoms with Gasteiger partial charge < -0.3 is 10.5 Å². The molecule has 0 unspecified atom stereocenters. The first-order valence-electron chi connectivity index (χ1n) is 6.88. The Bertz CT molecular complexity index is 607. The molecule has 0 spiro atoms. The molecule has 116 valence electrons. The molecular formula is C15H18F3NOS. The number of alkyl halides is 3. The number of hydrogen-bond acceptors (Lipinski definition) is 3. The number of ether oxygens (including phenoxy) is 1. The minimum absolute atomic E-state index is 0.0378. The van der Waals surface area contributed by atoms with Gasteiger partial charge in [0.1, 0.15) is 5.75 Å². The highest BCUT2D eigenvalue weighted by atomic mass is 32.1. The predicted molar refractivity (Wildman–Crippen MR) is 79.9 cm³/mol. The molecule has 0 amide bonds. The van der Waals surface area contributed by atoms with Crippen LogP contribution < -0.4 is 10.5 Å². The van der Waals surface area contributed by atoms with E-state index in [1.165, 1.54) is 4.88 Å². The van der Waals surface area contributed by atoms with Crippen LogP contribution in [-0.4, -0.2) is 12.8 Å². The van der Waals surface area contributed by atoms with Gasteiger partial charge >= 0.3 is 6.18 Å². The Kier molecular flexibility index (Phi) is 5.11. The maximum Gasteiger partial charge on any atom is 0.389 e. The van der Waals surface area contributed by atoms with E-state index in [2.05, 4.69) is 13.0 Å². The summed E-state index contributed by atoms with van der Waals surface area (Å²) in [6, 6.07) is 5.92. The number of fused-ring (bicyclic) bond motifs is 1. The number of hydrogen-bond donors (Lipinski definition) is 1. The Hall–Kier alpha value is -1.27. The largest absolute Gasteiger partial charge is 0.492 e. The molecule has 2 aromatic rings. The Balaban J connectivity index is 2.15. The quantitative estimate of drug-likeness (QED) is 0.788. The van der Waals surface area contributed by atoms with Crippen LogP contribution in [-0.2, 0) is 13.0 Å². The average Bonchev–Trinajstić information content (AvgIpc) is 2.85. The zero-order chi connectivity index (χ0) is 15.5. The molecule has 1 aromatic carbocycles. The molecule has 1 aromatic heterocycles. The minimum Gasteiger partial charge on any atom is -0.492 e. The van der Waals surface area contributed by atoms with Gasteiger partial charge in [0, 0.05) is 17.8 Å². The van der Waals surface area contributed by atoms with Gasteiger partial charge in [0.05, 0.1) is 11.3 Å². The van der Waals surface area contributed by atoms with Crippen LogP contribution >= 0.6 is 11.3 Å². The summed E-state index contributed by atoms with van der Waals surface area (Å²) < 4.78 is 42.9. The fourth-order valence-corrected chi connectivity index (χ4v) is 3.13. The molecule has 0 fully saturated rings. The summed E-state index contributed by atoms with van der Waals surface area (Å²) in [4.78, 5) is 1.22. The smallest absolute Gasteiger partial charge is 0.389 e. The van der Waals surface area contributed by atoms with Crippen molar-refractivity contribution >= 4 is 21.4 Å². The Morgan fingerprint density at radius 1 is 1.24 bits per heavy atom. The maximum absolute atomic E-state index is 12.1. The van der Waals surface area contributed by atoms with E-state index in [0.29, 0.717) is 12.3 Å². The van der Waals surface area contributed by atoms with Gasteiger partial charge in [-0.15, -0.1) is 11.3 Å². The van der Waals surface area contributed by atoms with Crippen molar-refractivity contribution in [1.29, 1.82) is 0 Å². The Morgan fingerprint density at radius 2 is 2.00 bits per heavy atom. The molecule has 2 nitrogen and oxygen atoms in total. The summed E-state index contributed by atoms with van der Waals surface area (Å²) in [6.07, 6.45) is -4.07. The topological polar surface area (TPSA) is 35.2 Å². The Morgan fingerprint density at radius 3 is 2.62 bits per heavy atom. The monoisotopic (exact) mass is 317 g/mol. The van der Waals surface area contributed by atoms with Crippen molar-refractivity contribution in [1.82, 2.24) is 0 Å². The lowest BCUT2D eigenvalue weighted by Gasteiger charge is -2.10. The summed E-state index contributed by atoms with van der Waals surface area (Å²) in [7, 11) is 0. The zero-order valence-corrected chi connectivity index (χ0v) is 12.6. The van der Waals surface area contributed by atoms with Gasteiger partial charge in [-0.3, -0.25) is 0 Å². The van der Waals surface area contributed by atoms with Gasteiger partial charge in [-0.1, -0.05) is 6.92 Å². The molecule has 2 rings (SSSR count). The lowest BCUT2D eigenvalue weighted by molar-refractivity contribution is -0.136. The number of halogens is 3. The van der Waals surface area contributed by atoms with E-state index in [1.54, 1.807) is 11.3 Å². The molecule has 0 saturated carbocycles. The Labute approximate surface area is 125 Å². The van der Waals surface area contributed by atoms with E-state index < -0.39 is 12.6 Å². The normalized spacial score (nSPS) is 12.0. The molecule has 2 N–H and O–H groups in total. The van der Waals surface area contributed by atoms with Crippen LogP contribution in [0.3, 0.4) is 0 Å². The summed E-state index contributed by atoms with van der Waals surface area (Å²) in [6.45, 7) is 2.51. The van der Waals surface area contributed by atoms with Crippen LogP contribution in [0, 0.1) is 0 Å². The summed E-state index contributed by atoms with van der Waals surface area (Å²) in [5, 5.41) is 1.05. The second-order valence-electron chi connectivity index (χ2n) is 4.85. The summed E-state index contributed by atoms with van der Waals surface area (Å²) >= 11 is 1.62. The van der Waals surface area contributed by atoms with Crippen LogP contribution in [0.2, 0.25) is 0 Å². The highest BCUT2D eigenvalue weighted by molar-refractivity contribution is 7.19. The summed E-state index contributed by atoms with van der Waals surface area (Å²) in [5.41, 5.74) is 6.58. The third-order valence-corrected chi connectivity index (χ3v) is 4.45. The molecule has 0 bridgehead atoms. The van der Waals surface area contributed by atoms with Gasteiger partial charge in [-0.25, -0.2) is 0 Å². The van der Waals surface area contributed by atoms with Crippen LogP contribution in [0.15, 0.2) is 18.2 Å². The number of rotatable bonds is 6. The van der Waals surface area contributed by atoms with E-state index in [-0.39, 0.29) is 13.0 Å². The van der Waals surface area contributed by atoms with Crippen LogP contribution in [0.1, 0.15) is 30.2 Å². The molecule has 0 atom stereocenters. The lowest BCUT2D eigenvalue weighted by atomic mass is 10.1. The fraction of sp³-hybridized carbons (Fsp3) is 0.467. The molecule has 6 heteroatoms. The maximum atomic E-state index is 12.1. The zero-order valence-electron chi connectivity index (χ0n) is 11.8. The molecule has 0 radical (unpaired) electrons. The van der Waals surface area contributed by atoms with E-state index in [4.69, 9.17) is 10.5 Å². The molecular weight excluding hydrogens is 299 g/mol. The highest BCUT2D eigenvalue weighted by Gasteiger charge is 2.26. The van der Waals surface area contributed by atoms with Gasteiger partial charge in [-0.2, -0.15) is 13.2 Å². The number of benzene rings is 1. The first-order valence-corrected chi connectivity index (χ1v) is 7.69. The average molecular weight is 317 g/mol. The molecule has 21 heavy (non-hydrogen) atoms. The summed E-state index contributed by atoms with van der Waals surface area (Å²) in [5.74, 6) is 0.639. The standard InChI is InChI=1S/C15H18F3NOS/c1-2-12-8-11-6-10(9-19)7-13(14(11)21-12)20-5-3-4-15(16,17)18/h6-8H,2-5,9,19H2,1H3. The SMILES string of the molecule is CCc1cc2cc(CN)cc(OCCCC(F)(F)F)c2s1. The molecule has 0 saturated heterocycles. The van der Waals surface area contributed by atoms with Crippen molar-refractivity contribution < 1.29 is 17.9 Å². The van der Waals surface area contributed by atoms with Gasteiger partial charge in [0.25, 0.3) is 0 Å². The van der Waals surface area contributed by atoms with Crippen molar-refractivity contribution in [3.63, 3.8) is 0 Å². The van der Waals surface area contributed by atoms with Crippen molar-refractivity contribution in [3.05, 3.63) is 28.6 Å². The molecule has 0 aliphatic carbocycles. The van der Waals surface area contributed by atoms with Crippen LogP contribution in [0.5, 0.6) is 5.75 Å². The number of nitrogens with two attached hydrogens (primary N) is 1. The minimum atomic E-state index is -4.13. The van der Waals surface area contributed by atoms with Crippen LogP contribution in [0.4, 0.5) is 13.2 Å².